The van der Waals surface area contributed by atoms with E-state index < -0.39 is 5.97 Å². The van der Waals surface area contributed by atoms with Crippen molar-refractivity contribution < 1.29 is 14.7 Å². The average Bonchev–Trinajstić information content (AvgIpc) is 3.22. The van der Waals surface area contributed by atoms with Crippen LogP contribution >= 0.6 is 23.2 Å². The number of benzene rings is 1. The number of nitrogens with one attached hydrogen (secondary N) is 1. The van der Waals surface area contributed by atoms with Crippen molar-refractivity contribution in [1.29, 1.82) is 0 Å². The van der Waals surface area contributed by atoms with Gasteiger partial charge >= 0.3 is 12.0 Å². The lowest BCUT2D eigenvalue weighted by Gasteiger charge is -2.20. The first-order valence-corrected chi connectivity index (χ1v) is 7.43. The second kappa shape index (κ2) is 7.00. The fraction of sp³-hybridized carbons (Fsp3) is 0.429. The molecule has 0 heterocycles. The molecule has 1 fully saturated rings. The van der Waals surface area contributed by atoms with E-state index >= 15 is 0 Å². The van der Waals surface area contributed by atoms with E-state index in [1.807, 2.05) is 6.07 Å². The molecule has 2 N–H and O–H groups in total. The zero-order valence-corrected chi connectivity index (χ0v) is 12.8. The van der Waals surface area contributed by atoms with Crippen LogP contribution in [0.2, 0.25) is 10.0 Å². The van der Waals surface area contributed by atoms with Crippen LogP contribution in [-0.4, -0.2) is 41.1 Å². The van der Waals surface area contributed by atoms with Gasteiger partial charge in [0.25, 0.3) is 0 Å². The molecule has 114 valence electrons. The molecule has 21 heavy (non-hydrogen) atoms. The predicted molar refractivity (Wildman–Crippen MR) is 80.9 cm³/mol. The number of aliphatic carboxylic acids is 1. The van der Waals surface area contributed by atoms with E-state index in [-0.39, 0.29) is 18.6 Å². The first-order valence-electron chi connectivity index (χ1n) is 6.67. The Hall–Kier alpha value is -1.46. The van der Waals surface area contributed by atoms with Crippen LogP contribution in [0, 0.1) is 0 Å². The summed E-state index contributed by atoms with van der Waals surface area (Å²) in [6.45, 7) is 0.126. The molecule has 0 spiro atoms. The molecule has 0 aliphatic heterocycles. The first-order chi connectivity index (χ1) is 9.97. The second-order valence-corrected chi connectivity index (χ2v) is 5.81. The van der Waals surface area contributed by atoms with Gasteiger partial charge in [0.1, 0.15) is 6.54 Å². The highest BCUT2D eigenvalue weighted by Gasteiger charge is 2.33. The third-order valence-electron chi connectivity index (χ3n) is 3.24. The minimum Gasteiger partial charge on any atom is -0.480 e. The third kappa shape index (κ3) is 4.79. The van der Waals surface area contributed by atoms with Crippen molar-refractivity contribution in [3.8, 4) is 0 Å². The van der Waals surface area contributed by atoms with Crippen molar-refractivity contribution >= 4 is 35.2 Å². The molecular formula is C14H16Cl2N2O3. The number of hydrogen-bond donors (Lipinski definition) is 2. The van der Waals surface area contributed by atoms with E-state index in [0.29, 0.717) is 23.0 Å². The molecule has 0 bridgehead atoms. The van der Waals surface area contributed by atoms with Gasteiger partial charge in [0.15, 0.2) is 0 Å². The number of urea groups is 1. The van der Waals surface area contributed by atoms with E-state index in [1.54, 1.807) is 12.1 Å². The van der Waals surface area contributed by atoms with Gasteiger partial charge in [-0.3, -0.25) is 4.79 Å². The van der Waals surface area contributed by atoms with Gasteiger partial charge in [0.05, 0.1) is 0 Å². The van der Waals surface area contributed by atoms with Gasteiger partial charge in [-0.05, 0) is 37.0 Å². The lowest BCUT2D eigenvalue weighted by atomic mass is 10.1. The summed E-state index contributed by atoms with van der Waals surface area (Å²) in [6.07, 6.45) is 2.29. The molecule has 0 unspecified atom stereocenters. The van der Waals surface area contributed by atoms with Crippen LogP contribution in [0.15, 0.2) is 18.2 Å². The molecule has 0 radical (unpaired) electrons. The molecule has 1 saturated carbocycles. The van der Waals surface area contributed by atoms with E-state index in [4.69, 9.17) is 28.3 Å². The van der Waals surface area contributed by atoms with Gasteiger partial charge in [0, 0.05) is 22.6 Å². The van der Waals surface area contributed by atoms with Gasteiger partial charge in [-0.15, -0.1) is 0 Å². The maximum absolute atomic E-state index is 12.0. The van der Waals surface area contributed by atoms with Crippen LogP contribution in [0.5, 0.6) is 0 Å². The summed E-state index contributed by atoms with van der Waals surface area (Å²) >= 11 is 11.9. The van der Waals surface area contributed by atoms with Crippen molar-refractivity contribution in [2.75, 3.05) is 13.1 Å². The van der Waals surface area contributed by atoms with Gasteiger partial charge in [-0.2, -0.15) is 0 Å². The van der Waals surface area contributed by atoms with Crippen molar-refractivity contribution in [1.82, 2.24) is 10.2 Å². The summed E-state index contributed by atoms with van der Waals surface area (Å²) < 4.78 is 0. The Bertz CT molecular complexity index is 547. The molecule has 1 aromatic carbocycles. The Balaban J connectivity index is 1.84. The lowest BCUT2D eigenvalue weighted by Crippen LogP contribution is -2.44. The molecule has 2 rings (SSSR count). The number of halogens is 2. The summed E-state index contributed by atoms with van der Waals surface area (Å²) in [5.41, 5.74) is 0.887. The lowest BCUT2D eigenvalue weighted by molar-refractivity contribution is -0.137. The van der Waals surface area contributed by atoms with Crippen molar-refractivity contribution in [3.05, 3.63) is 33.8 Å². The van der Waals surface area contributed by atoms with Crippen molar-refractivity contribution in [2.24, 2.45) is 0 Å². The predicted octanol–water partition coefficient (Wildman–Crippen LogP) is 2.79. The van der Waals surface area contributed by atoms with Crippen LogP contribution in [0.4, 0.5) is 4.79 Å². The largest absolute Gasteiger partial charge is 0.480 e. The first kappa shape index (κ1) is 15.9. The van der Waals surface area contributed by atoms with Gasteiger partial charge in [-0.25, -0.2) is 4.79 Å². The number of carboxylic acids is 1. The highest BCUT2D eigenvalue weighted by atomic mass is 35.5. The average molecular weight is 331 g/mol. The highest BCUT2D eigenvalue weighted by molar-refractivity contribution is 6.35. The SMILES string of the molecule is O=C(O)CN(C(=O)NCCc1ccc(Cl)cc1Cl)C1CC1. The number of carbonyl (C=O) groups is 2. The van der Waals surface area contributed by atoms with Gasteiger partial charge in [0.2, 0.25) is 0 Å². The fourth-order valence-corrected chi connectivity index (χ4v) is 2.53. The van der Waals surface area contributed by atoms with Crippen LogP contribution in [-0.2, 0) is 11.2 Å². The number of nitrogens with zero attached hydrogens (tertiary/aromatic N) is 1. The molecule has 0 atom stereocenters. The number of carboxylic acid groups (broad SMARTS) is 1. The summed E-state index contributed by atoms with van der Waals surface area (Å²) in [5, 5.41) is 12.7. The van der Waals surface area contributed by atoms with E-state index in [9.17, 15) is 9.59 Å². The van der Waals surface area contributed by atoms with Crippen LogP contribution in [0.25, 0.3) is 0 Å². The van der Waals surface area contributed by atoms with E-state index in [2.05, 4.69) is 5.32 Å². The van der Waals surface area contributed by atoms with Crippen LogP contribution in [0.1, 0.15) is 18.4 Å². The normalized spacial score (nSPS) is 13.8. The molecule has 1 aromatic rings. The van der Waals surface area contributed by atoms with Crippen molar-refractivity contribution in [2.45, 2.75) is 25.3 Å². The maximum Gasteiger partial charge on any atom is 0.323 e. The Morgan fingerprint density at radius 3 is 2.62 bits per heavy atom. The van der Waals surface area contributed by atoms with Gasteiger partial charge in [-0.1, -0.05) is 29.3 Å². The second-order valence-electron chi connectivity index (χ2n) is 4.97. The fourth-order valence-electron chi connectivity index (χ4n) is 2.03. The minimum atomic E-state index is -1.00. The Morgan fingerprint density at radius 1 is 1.33 bits per heavy atom. The number of amides is 2. The number of hydrogen-bond acceptors (Lipinski definition) is 2. The highest BCUT2D eigenvalue weighted by Crippen LogP contribution is 2.26. The molecule has 1 aliphatic rings. The topological polar surface area (TPSA) is 69.6 Å². The third-order valence-corrected chi connectivity index (χ3v) is 3.83. The zero-order chi connectivity index (χ0) is 15.4. The molecule has 5 nitrogen and oxygen atoms in total. The zero-order valence-electron chi connectivity index (χ0n) is 11.3. The number of carbonyl (C=O) groups excluding carboxylic acids is 1. The monoisotopic (exact) mass is 330 g/mol. The molecule has 7 heteroatoms. The van der Waals surface area contributed by atoms with Gasteiger partial charge < -0.3 is 15.3 Å². The summed E-state index contributed by atoms with van der Waals surface area (Å²) in [5.74, 6) is -1.00. The van der Waals surface area contributed by atoms with E-state index in [0.717, 1.165) is 18.4 Å². The van der Waals surface area contributed by atoms with E-state index in [1.165, 1.54) is 4.90 Å². The Kier molecular flexibility index (Phi) is 5.31. The Labute approximate surface area is 132 Å². The standard InChI is InChI=1S/C14H16Cl2N2O3/c15-10-2-1-9(12(16)7-10)5-6-17-14(21)18(8-13(19)20)11-3-4-11/h1-2,7,11H,3-6,8H2,(H,17,21)(H,19,20). The molecule has 2 amide bonds. The van der Waals surface area contributed by atoms with Crippen LogP contribution < -0.4 is 5.32 Å². The summed E-state index contributed by atoms with van der Waals surface area (Å²) in [7, 11) is 0. The van der Waals surface area contributed by atoms with Crippen molar-refractivity contribution in [3.63, 3.8) is 0 Å². The van der Waals surface area contributed by atoms with Crippen LogP contribution in [0.3, 0.4) is 0 Å². The molecule has 0 aromatic heterocycles. The minimum absolute atomic E-state index is 0.0558. The summed E-state index contributed by atoms with van der Waals surface area (Å²) in [6, 6.07) is 4.92. The summed E-state index contributed by atoms with van der Waals surface area (Å²) in [4.78, 5) is 24.1. The molecular weight excluding hydrogens is 315 g/mol. The quantitative estimate of drug-likeness (QED) is 0.842. The Morgan fingerprint density at radius 2 is 2.05 bits per heavy atom. The molecule has 0 saturated heterocycles. The molecule has 1 aliphatic carbocycles. The maximum atomic E-state index is 12.0. The smallest absolute Gasteiger partial charge is 0.323 e. The number of rotatable bonds is 6.